The fourth-order valence-electron chi connectivity index (χ4n) is 1.03. The van der Waals surface area contributed by atoms with Crippen LogP contribution >= 0.6 is 11.6 Å². The SMILES string of the molecule is CC.O=C(O)c1cc2c(=O)[nH]nc(Cl)c2o1. The Morgan fingerprint density at radius 1 is 1.56 bits per heavy atom. The third kappa shape index (κ3) is 2.06. The summed E-state index contributed by atoms with van der Waals surface area (Å²) in [7, 11) is 0. The largest absolute Gasteiger partial charge is 0.475 e. The van der Waals surface area contributed by atoms with Gasteiger partial charge < -0.3 is 9.52 Å². The molecule has 0 saturated carbocycles. The molecule has 0 bridgehead atoms. The van der Waals surface area contributed by atoms with Crippen molar-refractivity contribution in [2.45, 2.75) is 13.8 Å². The summed E-state index contributed by atoms with van der Waals surface area (Å²) in [6.07, 6.45) is 0. The zero-order chi connectivity index (χ0) is 12.3. The smallest absolute Gasteiger partial charge is 0.371 e. The van der Waals surface area contributed by atoms with Crippen molar-refractivity contribution in [3.05, 3.63) is 27.3 Å². The number of nitrogens with zero attached hydrogens (tertiary/aromatic N) is 1. The number of hydrogen-bond donors (Lipinski definition) is 2. The van der Waals surface area contributed by atoms with Crippen LogP contribution in [0.3, 0.4) is 0 Å². The van der Waals surface area contributed by atoms with Gasteiger partial charge >= 0.3 is 5.97 Å². The van der Waals surface area contributed by atoms with Crippen LogP contribution in [0.15, 0.2) is 15.3 Å². The minimum Gasteiger partial charge on any atom is -0.475 e. The van der Waals surface area contributed by atoms with E-state index in [0.717, 1.165) is 6.07 Å². The van der Waals surface area contributed by atoms with E-state index in [9.17, 15) is 9.59 Å². The average molecular weight is 245 g/mol. The van der Waals surface area contributed by atoms with Crippen molar-refractivity contribution in [2.75, 3.05) is 0 Å². The maximum atomic E-state index is 11.1. The fraction of sp³-hybridized carbons (Fsp3) is 0.222. The van der Waals surface area contributed by atoms with Crippen molar-refractivity contribution >= 4 is 28.5 Å². The summed E-state index contributed by atoms with van der Waals surface area (Å²) >= 11 is 5.58. The van der Waals surface area contributed by atoms with Gasteiger partial charge in [-0.2, -0.15) is 5.10 Å². The molecule has 0 aliphatic heterocycles. The number of carboxylic acid groups (broad SMARTS) is 1. The molecule has 16 heavy (non-hydrogen) atoms. The van der Waals surface area contributed by atoms with Gasteiger partial charge in [0.15, 0.2) is 10.7 Å². The summed E-state index contributed by atoms with van der Waals surface area (Å²) in [5.74, 6) is -1.61. The second-order valence-electron chi connectivity index (χ2n) is 2.50. The highest BCUT2D eigenvalue weighted by atomic mass is 35.5. The van der Waals surface area contributed by atoms with Gasteiger partial charge in [-0.15, -0.1) is 0 Å². The van der Waals surface area contributed by atoms with Crippen LogP contribution in [0, 0.1) is 0 Å². The third-order valence-electron chi connectivity index (χ3n) is 1.63. The second-order valence-corrected chi connectivity index (χ2v) is 2.86. The Kier molecular flexibility index (Phi) is 3.68. The lowest BCUT2D eigenvalue weighted by Crippen LogP contribution is -2.06. The van der Waals surface area contributed by atoms with Gasteiger partial charge in [-0.1, -0.05) is 25.4 Å². The first kappa shape index (κ1) is 12.3. The summed E-state index contributed by atoms with van der Waals surface area (Å²) < 4.78 is 4.83. The Bertz CT molecular complexity index is 572. The van der Waals surface area contributed by atoms with Crippen LogP contribution in [0.2, 0.25) is 5.15 Å². The summed E-state index contributed by atoms with van der Waals surface area (Å²) in [5, 5.41) is 14.1. The van der Waals surface area contributed by atoms with Crippen LogP contribution in [-0.4, -0.2) is 21.3 Å². The second kappa shape index (κ2) is 4.80. The van der Waals surface area contributed by atoms with E-state index < -0.39 is 11.5 Å². The van der Waals surface area contributed by atoms with E-state index >= 15 is 0 Å². The van der Waals surface area contributed by atoms with E-state index in [1.807, 2.05) is 13.8 Å². The Morgan fingerprint density at radius 3 is 2.69 bits per heavy atom. The molecule has 2 rings (SSSR count). The van der Waals surface area contributed by atoms with Gasteiger partial charge in [-0.25, -0.2) is 9.89 Å². The zero-order valence-electron chi connectivity index (χ0n) is 8.57. The lowest BCUT2D eigenvalue weighted by Gasteiger charge is -1.88. The third-order valence-corrected chi connectivity index (χ3v) is 1.89. The van der Waals surface area contributed by atoms with Gasteiger partial charge in [0, 0.05) is 6.07 Å². The molecule has 0 unspecified atom stereocenters. The summed E-state index contributed by atoms with van der Waals surface area (Å²) in [5.41, 5.74) is -0.562. The minimum atomic E-state index is -1.27. The summed E-state index contributed by atoms with van der Waals surface area (Å²) in [6.45, 7) is 4.00. The maximum Gasteiger partial charge on any atom is 0.371 e. The Labute approximate surface area is 94.8 Å². The summed E-state index contributed by atoms with van der Waals surface area (Å²) in [4.78, 5) is 21.7. The van der Waals surface area contributed by atoms with Gasteiger partial charge in [-0.05, 0) is 0 Å². The molecule has 0 spiro atoms. The number of aromatic amines is 1. The molecule has 6 nitrogen and oxygen atoms in total. The van der Waals surface area contributed by atoms with E-state index in [2.05, 4.69) is 10.2 Å². The zero-order valence-corrected chi connectivity index (χ0v) is 9.33. The lowest BCUT2D eigenvalue weighted by atomic mass is 10.3. The quantitative estimate of drug-likeness (QED) is 0.799. The van der Waals surface area contributed by atoms with E-state index in [4.69, 9.17) is 21.1 Å². The molecule has 2 heterocycles. The molecule has 7 heteroatoms. The van der Waals surface area contributed by atoms with Crippen LogP contribution in [0.25, 0.3) is 11.0 Å². The number of carbonyl (C=O) groups is 1. The Hall–Kier alpha value is -1.82. The fourth-order valence-corrected chi connectivity index (χ4v) is 1.21. The van der Waals surface area contributed by atoms with E-state index in [0.29, 0.717) is 0 Å². The van der Waals surface area contributed by atoms with E-state index in [1.165, 1.54) is 0 Å². The molecule has 86 valence electrons. The van der Waals surface area contributed by atoms with Crippen LogP contribution < -0.4 is 5.56 Å². The number of hydrogen-bond acceptors (Lipinski definition) is 4. The Morgan fingerprint density at radius 2 is 2.19 bits per heavy atom. The summed E-state index contributed by atoms with van der Waals surface area (Å²) in [6, 6.07) is 1.10. The van der Waals surface area contributed by atoms with Crippen molar-refractivity contribution in [1.29, 1.82) is 0 Å². The first-order chi connectivity index (χ1) is 7.59. The number of halogens is 1. The van der Waals surface area contributed by atoms with Gasteiger partial charge in [0.2, 0.25) is 5.76 Å². The minimum absolute atomic E-state index is 0.0205. The van der Waals surface area contributed by atoms with Crippen molar-refractivity contribution in [3.8, 4) is 0 Å². The molecule has 0 aliphatic carbocycles. The van der Waals surface area contributed by atoms with E-state index in [1.54, 1.807) is 0 Å². The molecule has 0 aromatic carbocycles. The molecule has 0 atom stereocenters. The van der Waals surface area contributed by atoms with Gasteiger partial charge in [-0.3, -0.25) is 4.79 Å². The monoisotopic (exact) mass is 244 g/mol. The highest BCUT2D eigenvalue weighted by Crippen LogP contribution is 2.21. The highest BCUT2D eigenvalue weighted by molar-refractivity contribution is 6.33. The van der Waals surface area contributed by atoms with Crippen LogP contribution in [0.5, 0.6) is 0 Å². The average Bonchev–Trinajstić information content (AvgIpc) is 2.72. The van der Waals surface area contributed by atoms with Crippen molar-refractivity contribution in [3.63, 3.8) is 0 Å². The van der Waals surface area contributed by atoms with Crippen molar-refractivity contribution in [2.24, 2.45) is 0 Å². The van der Waals surface area contributed by atoms with Crippen LogP contribution in [0.1, 0.15) is 24.4 Å². The molecule has 0 saturated heterocycles. The molecule has 2 N–H and O–H groups in total. The number of carboxylic acids is 1. The Balaban J connectivity index is 0.000000606. The molecule has 0 amide bonds. The normalized spacial score (nSPS) is 9.69. The molecular weight excluding hydrogens is 236 g/mol. The molecule has 0 fully saturated rings. The number of furan rings is 1. The molecule has 2 aromatic rings. The molecular formula is C9H9ClN2O4. The van der Waals surface area contributed by atoms with E-state index in [-0.39, 0.29) is 21.9 Å². The maximum absolute atomic E-state index is 11.1. The number of aromatic nitrogens is 2. The number of H-pyrrole nitrogens is 1. The number of nitrogens with one attached hydrogen (secondary N) is 1. The van der Waals surface area contributed by atoms with Crippen LogP contribution in [0.4, 0.5) is 0 Å². The van der Waals surface area contributed by atoms with Gasteiger partial charge in [0.25, 0.3) is 5.56 Å². The van der Waals surface area contributed by atoms with Gasteiger partial charge in [0.05, 0.1) is 5.39 Å². The predicted molar refractivity (Wildman–Crippen MR) is 57.9 cm³/mol. The van der Waals surface area contributed by atoms with Crippen molar-refractivity contribution < 1.29 is 14.3 Å². The number of fused-ring (bicyclic) bond motifs is 1. The first-order valence-electron chi connectivity index (χ1n) is 4.50. The topological polar surface area (TPSA) is 96.2 Å². The molecule has 0 radical (unpaired) electrons. The first-order valence-corrected chi connectivity index (χ1v) is 4.88. The van der Waals surface area contributed by atoms with Gasteiger partial charge in [0.1, 0.15) is 0 Å². The van der Waals surface area contributed by atoms with Crippen molar-refractivity contribution in [1.82, 2.24) is 10.2 Å². The number of aromatic carboxylic acids is 1. The molecule has 2 aromatic heterocycles. The lowest BCUT2D eigenvalue weighted by molar-refractivity contribution is 0.0665. The number of rotatable bonds is 1. The standard InChI is InChI=1S/C7H3ClN2O4.C2H6/c8-5-4-2(6(11)10-9-5)1-3(14-4)7(12)13;1-2/h1H,(H,10,11)(H,12,13);1-2H3. The highest BCUT2D eigenvalue weighted by Gasteiger charge is 2.15. The molecule has 0 aliphatic rings. The van der Waals surface area contributed by atoms with Crippen LogP contribution in [-0.2, 0) is 0 Å². The predicted octanol–water partition coefficient (Wildman–Crippen LogP) is 1.89.